The van der Waals surface area contributed by atoms with E-state index < -0.39 is 38.1 Å². The number of anilines is 1. The fraction of sp³-hybridized carbons (Fsp3) is 0. The predicted octanol–water partition coefficient (Wildman–Crippen LogP) is 0.845. The molecular formula is C6H4F3N3O3S. The highest BCUT2D eigenvalue weighted by molar-refractivity contribution is 7.89. The summed E-state index contributed by atoms with van der Waals surface area (Å²) in [5.41, 5.74) is 0.482. The van der Waals surface area contributed by atoms with Gasteiger partial charge in [0, 0.05) is 6.07 Å². The molecule has 0 bridgehead atoms. The smallest absolute Gasteiger partial charge is 0.239 e. The number of nitrogens with one attached hydrogen (secondary N) is 1. The van der Waals surface area contributed by atoms with Crippen molar-refractivity contribution in [1.29, 1.82) is 0 Å². The molecule has 0 spiro atoms. The monoisotopic (exact) mass is 255 g/mol. The largest absolute Gasteiger partial charge is 0.244 e. The van der Waals surface area contributed by atoms with Crippen LogP contribution in [0.5, 0.6) is 0 Å². The van der Waals surface area contributed by atoms with E-state index in [1.165, 1.54) is 5.43 Å². The van der Waals surface area contributed by atoms with Crippen molar-refractivity contribution in [2.45, 2.75) is 4.90 Å². The lowest BCUT2D eigenvalue weighted by atomic mass is 10.3. The van der Waals surface area contributed by atoms with Gasteiger partial charge >= 0.3 is 0 Å². The van der Waals surface area contributed by atoms with Gasteiger partial charge in [-0.05, 0) is 0 Å². The number of benzene rings is 1. The van der Waals surface area contributed by atoms with E-state index >= 15 is 0 Å². The Morgan fingerprint density at radius 2 is 1.81 bits per heavy atom. The summed E-state index contributed by atoms with van der Waals surface area (Å²) in [7, 11) is -4.74. The first-order valence-electron chi connectivity index (χ1n) is 3.57. The van der Waals surface area contributed by atoms with Crippen molar-refractivity contribution in [3.8, 4) is 0 Å². The van der Waals surface area contributed by atoms with Gasteiger partial charge in [-0.25, -0.2) is 32.2 Å². The predicted molar refractivity (Wildman–Crippen MR) is 47.1 cm³/mol. The number of primary sulfonamides is 1. The van der Waals surface area contributed by atoms with E-state index in [1.54, 1.807) is 0 Å². The first-order chi connectivity index (χ1) is 7.29. The zero-order valence-corrected chi connectivity index (χ0v) is 8.19. The van der Waals surface area contributed by atoms with Gasteiger partial charge in [-0.3, -0.25) is 0 Å². The van der Waals surface area contributed by atoms with Crippen molar-refractivity contribution < 1.29 is 21.6 Å². The van der Waals surface area contributed by atoms with E-state index in [1.807, 2.05) is 5.29 Å². The van der Waals surface area contributed by atoms with Gasteiger partial charge in [0.25, 0.3) is 0 Å². The van der Waals surface area contributed by atoms with Crippen LogP contribution in [0.25, 0.3) is 0 Å². The lowest BCUT2D eigenvalue weighted by molar-refractivity contribution is 0.461. The van der Waals surface area contributed by atoms with Gasteiger partial charge in [0.05, 0.1) is 5.29 Å². The third kappa shape index (κ3) is 2.12. The number of sulfonamides is 1. The summed E-state index contributed by atoms with van der Waals surface area (Å²) in [4.78, 5) is 8.11. The second kappa shape index (κ2) is 4.06. The molecule has 0 atom stereocenters. The van der Waals surface area contributed by atoms with E-state index in [9.17, 15) is 26.5 Å². The minimum absolute atomic E-state index is 0.250. The standard InChI is InChI=1S/C6H4F3N3O3S/c7-2-1-3(11-12-13)4(8)5(9)6(2)16(10,14)15/h1H,(H,11,13)(H2,10,14,15). The highest BCUT2D eigenvalue weighted by Crippen LogP contribution is 2.26. The zero-order chi connectivity index (χ0) is 12.5. The fourth-order valence-electron chi connectivity index (χ4n) is 0.970. The summed E-state index contributed by atoms with van der Waals surface area (Å²) in [6.07, 6.45) is 0. The van der Waals surface area contributed by atoms with Gasteiger partial charge in [0.1, 0.15) is 11.5 Å². The van der Waals surface area contributed by atoms with Crippen molar-refractivity contribution in [2.24, 2.45) is 10.4 Å². The molecule has 88 valence electrons. The summed E-state index contributed by atoms with van der Waals surface area (Å²) in [5, 5.41) is 6.46. The maximum atomic E-state index is 13.1. The molecule has 0 unspecified atom stereocenters. The second-order valence-corrected chi connectivity index (χ2v) is 4.11. The molecule has 0 aliphatic rings. The minimum Gasteiger partial charge on any atom is -0.239 e. The Kier molecular flexibility index (Phi) is 3.14. The van der Waals surface area contributed by atoms with E-state index in [2.05, 4.69) is 5.14 Å². The highest BCUT2D eigenvalue weighted by atomic mass is 32.2. The molecule has 1 rings (SSSR count). The molecule has 0 aromatic heterocycles. The van der Waals surface area contributed by atoms with Crippen LogP contribution in [0.2, 0.25) is 0 Å². The number of rotatable bonds is 3. The normalized spacial score (nSPS) is 11.2. The Morgan fingerprint density at radius 3 is 2.25 bits per heavy atom. The van der Waals surface area contributed by atoms with E-state index in [4.69, 9.17) is 0 Å². The van der Waals surface area contributed by atoms with Gasteiger partial charge in [0.2, 0.25) is 10.0 Å². The van der Waals surface area contributed by atoms with Crippen molar-refractivity contribution in [1.82, 2.24) is 0 Å². The maximum Gasteiger partial charge on any atom is 0.244 e. The van der Waals surface area contributed by atoms with E-state index in [0.717, 1.165) is 0 Å². The van der Waals surface area contributed by atoms with Gasteiger partial charge in [0.15, 0.2) is 16.5 Å². The van der Waals surface area contributed by atoms with Crippen molar-refractivity contribution in [3.63, 3.8) is 0 Å². The molecule has 0 fully saturated rings. The Labute approximate surface area is 87.2 Å². The average molecular weight is 255 g/mol. The molecule has 16 heavy (non-hydrogen) atoms. The summed E-state index contributed by atoms with van der Waals surface area (Å²) >= 11 is 0. The molecule has 0 aliphatic heterocycles. The first-order valence-corrected chi connectivity index (χ1v) is 5.12. The molecule has 0 aliphatic carbocycles. The fourth-order valence-corrected chi connectivity index (χ4v) is 1.64. The first kappa shape index (κ1) is 12.4. The molecule has 0 radical (unpaired) electrons. The minimum atomic E-state index is -4.74. The third-order valence-electron chi connectivity index (χ3n) is 1.57. The van der Waals surface area contributed by atoms with Crippen LogP contribution in [0.3, 0.4) is 0 Å². The van der Waals surface area contributed by atoms with Gasteiger partial charge in [-0.15, -0.1) is 4.91 Å². The summed E-state index contributed by atoms with van der Waals surface area (Å²) in [5.74, 6) is -5.42. The second-order valence-electron chi connectivity index (χ2n) is 2.61. The number of hydrogen-bond donors (Lipinski definition) is 2. The number of halogens is 3. The summed E-state index contributed by atoms with van der Waals surface area (Å²) in [6, 6.07) is 0.250. The summed E-state index contributed by atoms with van der Waals surface area (Å²) in [6.45, 7) is 0. The Hall–Kier alpha value is -1.68. The van der Waals surface area contributed by atoms with Crippen LogP contribution in [0.4, 0.5) is 18.9 Å². The zero-order valence-electron chi connectivity index (χ0n) is 7.37. The Morgan fingerprint density at radius 1 is 1.25 bits per heavy atom. The lowest BCUT2D eigenvalue weighted by Gasteiger charge is -2.06. The molecule has 6 nitrogen and oxygen atoms in total. The van der Waals surface area contributed by atoms with Gasteiger partial charge in [-0.2, -0.15) is 0 Å². The Bertz CT molecular complexity index is 546. The van der Waals surface area contributed by atoms with Crippen LogP contribution in [0, 0.1) is 22.4 Å². The van der Waals surface area contributed by atoms with E-state index in [0.29, 0.717) is 0 Å². The topological polar surface area (TPSA) is 102 Å². The highest BCUT2D eigenvalue weighted by Gasteiger charge is 2.26. The quantitative estimate of drug-likeness (QED) is 0.474. The lowest BCUT2D eigenvalue weighted by Crippen LogP contribution is -2.17. The molecule has 1 aromatic rings. The van der Waals surface area contributed by atoms with E-state index in [-0.39, 0.29) is 6.07 Å². The molecule has 1 aromatic carbocycles. The molecule has 0 heterocycles. The van der Waals surface area contributed by atoms with Crippen molar-refractivity contribution in [2.75, 3.05) is 5.43 Å². The van der Waals surface area contributed by atoms with Crippen LogP contribution < -0.4 is 10.6 Å². The molecule has 3 N–H and O–H groups in total. The van der Waals surface area contributed by atoms with Crippen LogP contribution >= 0.6 is 0 Å². The number of nitroso groups, excluding NO2 is 1. The van der Waals surface area contributed by atoms with Crippen LogP contribution in [-0.4, -0.2) is 8.42 Å². The molecule has 0 saturated carbocycles. The SMILES string of the molecule is NS(=O)(=O)c1c(F)cc(NN=O)c(F)c1F. The maximum absolute atomic E-state index is 13.1. The molecule has 10 heteroatoms. The summed E-state index contributed by atoms with van der Waals surface area (Å²) < 4.78 is 60.6. The van der Waals surface area contributed by atoms with Crippen LogP contribution in [0.1, 0.15) is 0 Å². The number of hydrogen-bond acceptors (Lipinski definition) is 4. The molecule has 0 saturated heterocycles. The number of nitrogens with zero attached hydrogens (tertiary/aromatic N) is 1. The van der Waals surface area contributed by atoms with Gasteiger partial charge < -0.3 is 0 Å². The third-order valence-corrected chi connectivity index (χ3v) is 2.51. The average Bonchev–Trinajstić information content (AvgIpc) is 2.12. The van der Waals surface area contributed by atoms with Crippen LogP contribution in [0.15, 0.2) is 16.2 Å². The van der Waals surface area contributed by atoms with Gasteiger partial charge in [-0.1, -0.05) is 0 Å². The number of nitrogens with two attached hydrogens (primary N) is 1. The van der Waals surface area contributed by atoms with Crippen LogP contribution in [-0.2, 0) is 10.0 Å². The molecule has 0 amide bonds. The molecular weight excluding hydrogens is 251 g/mol. The van der Waals surface area contributed by atoms with Crippen molar-refractivity contribution in [3.05, 3.63) is 28.4 Å². The Balaban J connectivity index is 3.58. The van der Waals surface area contributed by atoms with Crippen molar-refractivity contribution >= 4 is 15.7 Å².